The molecule has 27 heavy (non-hydrogen) atoms. The smallest absolute Gasteiger partial charge is 0.272 e. The van der Waals surface area contributed by atoms with Crippen LogP contribution in [0.15, 0.2) is 69.9 Å². The van der Waals surface area contributed by atoms with Gasteiger partial charge in [0.15, 0.2) is 5.16 Å². The van der Waals surface area contributed by atoms with Crippen molar-refractivity contribution in [3.63, 3.8) is 0 Å². The van der Waals surface area contributed by atoms with Gasteiger partial charge in [0.2, 0.25) is 0 Å². The Balaban J connectivity index is 1.75. The lowest BCUT2D eigenvalue weighted by molar-refractivity contribution is 0.580. The minimum absolute atomic E-state index is 0.136. The van der Waals surface area contributed by atoms with Gasteiger partial charge < -0.3 is 0 Å². The first-order valence-corrected chi connectivity index (χ1v) is 10.5. The molecule has 2 heterocycles. The molecule has 136 valence electrons. The molecule has 7 heteroatoms. The average molecular weight is 417 g/mol. The molecular weight excluding hydrogens is 403 g/mol. The summed E-state index contributed by atoms with van der Waals surface area (Å²) in [5.74, 6) is 0.233. The fourth-order valence-electron chi connectivity index (χ4n) is 2.73. The summed E-state index contributed by atoms with van der Waals surface area (Å²) in [6.45, 7) is 0.136. The first kappa shape index (κ1) is 18.2. The third-order valence-electron chi connectivity index (χ3n) is 4.13. The summed E-state index contributed by atoms with van der Waals surface area (Å²) in [4.78, 5) is 17.6. The number of halogens is 2. The molecule has 0 saturated carbocycles. The van der Waals surface area contributed by atoms with Gasteiger partial charge in [-0.15, -0.1) is 11.3 Å². The molecule has 3 nitrogen and oxygen atoms in total. The fraction of sp³-hybridized carbons (Fsp3) is 0.100. The van der Waals surface area contributed by atoms with E-state index in [-0.39, 0.29) is 17.9 Å². The molecule has 4 rings (SSSR count). The second-order valence-corrected chi connectivity index (χ2v) is 8.16. The predicted octanol–water partition coefficient (Wildman–Crippen LogP) is 5.59. The van der Waals surface area contributed by atoms with E-state index in [0.717, 1.165) is 5.56 Å². The standard InChI is InChI=1S/C20H14ClFN2OS2/c21-15-7-3-1-6-14(15)12-27-20-23-17-9-10-26-18(17)19(25)24(20)11-13-5-2-4-8-16(13)22/h1-10H,11-12H2. The molecule has 4 aromatic rings. The lowest BCUT2D eigenvalue weighted by Crippen LogP contribution is -2.23. The monoisotopic (exact) mass is 416 g/mol. The van der Waals surface area contributed by atoms with Crippen LogP contribution < -0.4 is 5.56 Å². The summed E-state index contributed by atoms with van der Waals surface area (Å²) in [7, 11) is 0. The maximum absolute atomic E-state index is 14.1. The summed E-state index contributed by atoms with van der Waals surface area (Å²) >= 11 is 9.01. The van der Waals surface area contributed by atoms with Gasteiger partial charge in [-0.2, -0.15) is 0 Å². The largest absolute Gasteiger partial charge is 0.282 e. The number of thiophene rings is 1. The molecule has 0 spiro atoms. The van der Waals surface area contributed by atoms with Crippen molar-refractivity contribution in [2.45, 2.75) is 17.5 Å². The fourth-order valence-corrected chi connectivity index (χ4v) is 4.79. The van der Waals surface area contributed by atoms with Crippen molar-refractivity contribution in [3.8, 4) is 0 Å². The van der Waals surface area contributed by atoms with E-state index in [9.17, 15) is 9.18 Å². The zero-order valence-corrected chi connectivity index (χ0v) is 16.5. The van der Waals surface area contributed by atoms with Crippen LogP contribution in [0.1, 0.15) is 11.1 Å². The highest BCUT2D eigenvalue weighted by atomic mass is 35.5. The molecule has 0 radical (unpaired) electrons. The maximum atomic E-state index is 14.1. The third-order valence-corrected chi connectivity index (χ3v) is 6.42. The van der Waals surface area contributed by atoms with Gasteiger partial charge in [-0.1, -0.05) is 59.8 Å². The van der Waals surface area contributed by atoms with Crippen molar-refractivity contribution in [2.75, 3.05) is 0 Å². The SMILES string of the molecule is O=c1c2sccc2nc(SCc2ccccc2Cl)n1Cc1ccccc1F. The van der Waals surface area contributed by atoms with Crippen molar-refractivity contribution in [2.24, 2.45) is 0 Å². The lowest BCUT2D eigenvalue weighted by atomic mass is 10.2. The van der Waals surface area contributed by atoms with Crippen LogP contribution >= 0.6 is 34.7 Å². The van der Waals surface area contributed by atoms with E-state index in [2.05, 4.69) is 4.98 Å². The highest BCUT2D eigenvalue weighted by Gasteiger charge is 2.15. The van der Waals surface area contributed by atoms with Crippen LogP contribution in [0.2, 0.25) is 5.02 Å². The zero-order valence-electron chi connectivity index (χ0n) is 14.1. The summed E-state index contributed by atoms with van der Waals surface area (Å²) in [6.07, 6.45) is 0. The molecule has 2 aromatic carbocycles. The molecule has 0 aliphatic rings. The molecule has 0 saturated heterocycles. The van der Waals surface area contributed by atoms with Crippen molar-refractivity contribution < 1.29 is 4.39 Å². The third kappa shape index (κ3) is 3.78. The minimum atomic E-state index is -0.335. The van der Waals surface area contributed by atoms with Crippen molar-refractivity contribution in [1.29, 1.82) is 0 Å². The van der Waals surface area contributed by atoms with E-state index >= 15 is 0 Å². The van der Waals surface area contributed by atoms with Gasteiger partial charge in [0, 0.05) is 16.3 Å². The topological polar surface area (TPSA) is 34.9 Å². The molecule has 0 fully saturated rings. The Morgan fingerprint density at radius 1 is 1.07 bits per heavy atom. The van der Waals surface area contributed by atoms with Gasteiger partial charge in [-0.05, 0) is 29.1 Å². The number of hydrogen-bond acceptors (Lipinski definition) is 4. The number of thioether (sulfide) groups is 1. The number of benzene rings is 2. The Hall–Kier alpha value is -2.15. The second kappa shape index (κ2) is 7.84. The number of aromatic nitrogens is 2. The molecule has 0 aliphatic carbocycles. The van der Waals surface area contributed by atoms with E-state index in [1.165, 1.54) is 29.2 Å². The van der Waals surface area contributed by atoms with Crippen LogP contribution in [0.5, 0.6) is 0 Å². The number of hydrogen-bond donors (Lipinski definition) is 0. The highest BCUT2D eigenvalue weighted by molar-refractivity contribution is 7.98. The van der Waals surface area contributed by atoms with E-state index < -0.39 is 0 Å². The van der Waals surface area contributed by atoms with E-state index in [4.69, 9.17) is 11.6 Å². The molecule has 2 aromatic heterocycles. The lowest BCUT2D eigenvalue weighted by Gasteiger charge is -2.13. The Morgan fingerprint density at radius 2 is 1.81 bits per heavy atom. The molecule has 0 atom stereocenters. The molecule has 0 bridgehead atoms. The van der Waals surface area contributed by atoms with Crippen molar-refractivity contribution in [1.82, 2.24) is 9.55 Å². The average Bonchev–Trinajstić information content (AvgIpc) is 3.14. The summed E-state index contributed by atoms with van der Waals surface area (Å²) in [5.41, 5.74) is 1.93. The van der Waals surface area contributed by atoms with Gasteiger partial charge in [0.1, 0.15) is 10.5 Å². The molecule has 0 aliphatic heterocycles. The Morgan fingerprint density at radius 3 is 2.59 bits per heavy atom. The number of rotatable bonds is 5. The van der Waals surface area contributed by atoms with Gasteiger partial charge in [0.05, 0.1) is 12.1 Å². The van der Waals surface area contributed by atoms with Gasteiger partial charge in [0.25, 0.3) is 5.56 Å². The minimum Gasteiger partial charge on any atom is -0.282 e. The van der Waals surface area contributed by atoms with Crippen LogP contribution in [0.25, 0.3) is 10.2 Å². The Bertz CT molecular complexity index is 1170. The number of nitrogens with zero attached hydrogens (tertiary/aromatic N) is 2. The van der Waals surface area contributed by atoms with Crippen LogP contribution in [0, 0.1) is 5.82 Å². The van der Waals surface area contributed by atoms with Crippen LogP contribution in [-0.4, -0.2) is 9.55 Å². The van der Waals surface area contributed by atoms with Gasteiger partial charge in [-0.3, -0.25) is 9.36 Å². The van der Waals surface area contributed by atoms with Gasteiger partial charge in [-0.25, -0.2) is 9.37 Å². The van der Waals surface area contributed by atoms with Crippen LogP contribution in [-0.2, 0) is 12.3 Å². The quantitative estimate of drug-likeness (QED) is 0.314. The Kier molecular flexibility index (Phi) is 5.29. The van der Waals surface area contributed by atoms with Crippen molar-refractivity contribution >= 4 is 44.9 Å². The predicted molar refractivity (Wildman–Crippen MR) is 110 cm³/mol. The summed E-state index contributed by atoms with van der Waals surface area (Å²) in [6, 6.07) is 15.9. The normalized spacial score (nSPS) is 11.2. The maximum Gasteiger partial charge on any atom is 0.272 e. The van der Waals surface area contributed by atoms with Crippen molar-refractivity contribution in [3.05, 3.63) is 92.3 Å². The summed E-state index contributed by atoms with van der Waals surface area (Å²) < 4.78 is 16.3. The molecular formula is C20H14ClFN2OS2. The zero-order chi connectivity index (χ0) is 18.8. The Labute approximate surface area is 168 Å². The van der Waals surface area contributed by atoms with Crippen LogP contribution in [0.4, 0.5) is 4.39 Å². The highest BCUT2D eigenvalue weighted by Crippen LogP contribution is 2.27. The van der Waals surface area contributed by atoms with E-state index in [0.29, 0.717) is 31.7 Å². The first-order valence-electron chi connectivity index (χ1n) is 8.21. The number of fused-ring (bicyclic) bond motifs is 1. The summed E-state index contributed by atoms with van der Waals surface area (Å²) in [5, 5.41) is 3.06. The molecule has 0 N–H and O–H groups in total. The van der Waals surface area contributed by atoms with E-state index in [1.807, 2.05) is 35.7 Å². The molecule has 0 unspecified atom stereocenters. The second-order valence-electron chi connectivity index (χ2n) is 5.89. The first-order chi connectivity index (χ1) is 13.1. The van der Waals surface area contributed by atoms with Crippen LogP contribution in [0.3, 0.4) is 0 Å². The molecule has 0 amide bonds. The van der Waals surface area contributed by atoms with E-state index in [1.54, 1.807) is 22.8 Å². The van der Waals surface area contributed by atoms with Gasteiger partial charge >= 0.3 is 0 Å².